The summed E-state index contributed by atoms with van der Waals surface area (Å²) in [6.07, 6.45) is -2.50. The third kappa shape index (κ3) is 4.80. The maximum Gasteiger partial charge on any atom is 0.416 e. The van der Waals surface area contributed by atoms with E-state index in [1.165, 1.54) is 12.1 Å². The molecule has 0 radical (unpaired) electrons. The first-order chi connectivity index (χ1) is 17.3. The molecular formula is C28H26F3N3O2. The Balaban J connectivity index is 1.26. The summed E-state index contributed by atoms with van der Waals surface area (Å²) in [5.74, 6) is -0.105. The van der Waals surface area contributed by atoms with Crippen molar-refractivity contribution in [3.63, 3.8) is 0 Å². The van der Waals surface area contributed by atoms with Crippen LogP contribution in [0.1, 0.15) is 24.0 Å². The lowest BCUT2D eigenvalue weighted by molar-refractivity contribution is -0.137. The lowest BCUT2D eigenvalue weighted by Crippen LogP contribution is -2.51. The van der Waals surface area contributed by atoms with E-state index in [1.807, 2.05) is 42.5 Å². The molecule has 0 spiro atoms. The minimum atomic E-state index is -4.39. The molecule has 3 aromatic rings. The van der Waals surface area contributed by atoms with Gasteiger partial charge in [-0.1, -0.05) is 48.5 Å². The van der Waals surface area contributed by atoms with Gasteiger partial charge in [-0.05, 0) is 53.8 Å². The summed E-state index contributed by atoms with van der Waals surface area (Å²) >= 11 is 0. The molecule has 186 valence electrons. The van der Waals surface area contributed by atoms with Gasteiger partial charge in [0.25, 0.3) is 0 Å². The molecule has 1 N–H and O–H groups in total. The number of likely N-dealkylation sites (tertiary alicyclic amines) is 1. The smallest absolute Gasteiger partial charge is 0.358 e. The molecule has 1 atom stereocenters. The molecular weight excluding hydrogens is 467 g/mol. The summed E-state index contributed by atoms with van der Waals surface area (Å²) < 4.78 is 38.4. The Labute approximate surface area is 207 Å². The van der Waals surface area contributed by atoms with Crippen LogP contribution in [0.4, 0.5) is 24.5 Å². The van der Waals surface area contributed by atoms with Gasteiger partial charge < -0.3 is 15.1 Å². The van der Waals surface area contributed by atoms with Crippen molar-refractivity contribution in [2.24, 2.45) is 0 Å². The van der Waals surface area contributed by atoms with Gasteiger partial charge in [0.2, 0.25) is 5.91 Å². The van der Waals surface area contributed by atoms with E-state index in [-0.39, 0.29) is 18.4 Å². The Hall–Kier alpha value is -3.81. The fourth-order valence-electron chi connectivity index (χ4n) is 5.07. The van der Waals surface area contributed by atoms with Crippen molar-refractivity contribution in [1.82, 2.24) is 4.90 Å². The zero-order valence-electron chi connectivity index (χ0n) is 19.5. The number of carbonyl (C=O) groups is 2. The van der Waals surface area contributed by atoms with Gasteiger partial charge in [-0.25, -0.2) is 0 Å². The number of nitrogens with one attached hydrogen (secondary N) is 1. The average Bonchev–Trinajstić information content (AvgIpc) is 3.27. The maximum atomic E-state index is 12.8. The minimum absolute atomic E-state index is 0.0638. The van der Waals surface area contributed by atoms with Crippen molar-refractivity contribution in [3.8, 4) is 11.1 Å². The summed E-state index contributed by atoms with van der Waals surface area (Å²) in [7, 11) is 0. The predicted octanol–water partition coefficient (Wildman–Crippen LogP) is 5.36. The minimum Gasteiger partial charge on any atom is -0.358 e. The number of alkyl halides is 3. The Morgan fingerprint density at radius 1 is 0.944 bits per heavy atom. The second-order valence-corrected chi connectivity index (χ2v) is 9.21. The number of fused-ring (bicyclic) bond motifs is 1. The molecule has 0 saturated carbocycles. The number of anilines is 2. The van der Waals surface area contributed by atoms with Crippen LogP contribution in [0.15, 0.2) is 72.8 Å². The highest BCUT2D eigenvalue weighted by atomic mass is 19.4. The van der Waals surface area contributed by atoms with Crippen LogP contribution in [0.25, 0.3) is 11.1 Å². The van der Waals surface area contributed by atoms with Crippen molar-refractivity contribution in [2.75, 3.05) is 23.3 Å². The summed E-state index contributed by atoms with van der Waals surface area (Å²) in [5.41, 5.74) is 3.88. The summed E-state index contributed by atoms with van der Waals surface area (Å²) in [4.78, 5) is 28.6. The van der Waals surface area contributed by atoms with Crippen LogP contribution >= 0.6 is 0 Å². The number of aldehydes is 1. The number of rotatable bonds is 5. The van der Waals surface area contributed by atoms with Crippen LogP contribution in [-0.2, 0) is 22.2 Å². The van der Waals surface area contributed by atoms with E-state index in [4.69, 9.17) is 0 Å². The Bertz CT molecular complexity index is 1240. The largest absolute Gasteiger partial charge is 0.416 e. The van der Waals surface area contributed by atoms with E-state index in [9.17, 15) is 22.8 Å². The van der Waals surface area contributed by atoms with Crippen molar-refractivity contribution in [1.29, 1.82) is 0 Å². The van der Waals surface area contributed by atoms with E-state index in [0.29, 0.717) is 31.5 Å². The predicted molar refractivity (Wildman–Crippen MR) is 133 cm³/mol. The number of carbonyl (C=O) groups excluding carboxylic acids is 2. The second-order valence-electron chi connectivity index (χ2n) is 9.21. The van der Waals surface area contributed by atoms with Gasteiger partial charge in [-0.15, -0.1) is 0 Å². The van der Waals surface area contributed by atoms with Crippen molar-refractivity contribution >= 4 is 23.6 Å². The molecule has 0 bridgehead atoms. The fraction of sp³-hybridized carbons (Fsp3) is 0.286. The van der Waals surface area contributed by atoms with Crippen molar-refractivity contribution in [2.45, 2.75) is 37.6 Å². The number of nitrogens with zero attached hydrogens (tertiary/aromatic N) is 2. The Morgan fingerprint density at radius 2 is 1.64 bits per heavy atom. The zero-order valence-corrected chi connectivity index (χ0v) is 19.5. The van der Waals surface area contributed by atoms with Crippen LogP contribution in [0.3, 0.4) is 0 Å². The number of benzene rings is 3. The van der Waals surface area contributed by atoms with Gasteiger partial charge in [-0.2, -0.15) is 13.2 Å². The summed E-state index contributed by atoms with van der Waals surface area (Å²) in [6.45, 7) is 1.06. The van der Waals surface area contributed by atoms with Crippen LogP contribution in [-0.4, -0.2) is 42.4 Å². The molecule has 5 nitrogen and oxygen atoms in total. The topological polar surface area (TPSA) is 52.7 Å². The third-order valence-electron chi connectivity index (χ3n) is 6.96. The monoisotopic (exact) mass is 493 g/mol. The van der Waals surface area contributed by atoms with Crippen molar-refractivity contribution < 1.29 is 22.8 Å². The number of hydrogen-bond acceptors (Lipinski definition) is 4. The molecule has 0 aliphatic carbocycles. The van der Waals surface area contributed by atoms with E-state index in [2.05, 4.69) is 16.3 Å². The molecule has 1 saturated heterocycles. The molecule has 5 rings (SSSR count). The van der Waals surface area contributed by atoms with E-state index in [1.54, 1.807) is 4.90 Å². The fourth-order valence-corrected chi connectivity index (χ4v) is 5.07. The van der Waals surface area contributed by atoms with E-state index in [0.717, 1.165) is 40.9 Å². The van der Waals surface area contributed by atoms with Gasteiger partial charge in [-0.3, -0.25) is 9.59 Å². The molecule has 1 unspecified atom stereocenters. The highest BCUT2D eigenvalue weighted by Gasteiger charge is 2.36. The Morgan fingerprint density at radius 3 is 2.28 bits per heavy atom. The number of hydrogen-bond donors (Lipinski definition) is 1. The number of halogens is 3. The lowest BCUT2D eigenvalue weighted by Gasteiger charge is -2.39. The molecule has 2 aliphatic rings. The standard InChI is InChI=1S/C28H26F3N3O2/c29-28(30,31)22-9-6-19(7-10-22)16-27(36)33-14-12-23(13-15-33)34-25-17-21(20-4-2-1-3-5-20)8-11-24(25)32-26(34)18-35/h1-11,17-18,23,26,32H,12-16H2. The van der Waals surface area contributed by atoms with Crippen LogP contribution in [0.5, 0.6) is 0 Å². The maximum absolute atomic E-state index is 12.8. The van der Waals surface area contributed by atoms with Crippen molar-refractivity contribution in [3.05, 3.63) is 83.9 Å². The van der Waals surface area contributed by atoms with Gasteiger partial charge in [0, 0.05) is 19.1 Å². The second kappa shape index (κ2) is 9.68. The molecule has 8 heteroatoms. The average molecular weight is 494 g/mol. The summed E-state index contributed by atoms with van der Waals surface area (Å²) in [6, 6.07) is 21.0. The third-order valence-corrected chi connectivity index (χ3v) is 6.96. The Kier molecular flexibility index (Phi) is 6.43. The lowest BCUT2D eigenvalue weighted by atomic mass is 9.99. The first kappa shape index (κ1) is 23.9. The highest BCUT2D eigenvalue weighted by molar-refractivity contribution is 5.88. The molecule has 1 fully saturated rings. The first-order valence-electron chi connectivity index (χ1n) is 12.0. The van der Waals surface area contributed by atoms with E-state index >= 15 is 0 Å². The normalized spacial score (nSPS) is 18.0. The number of piperidine rings is 1. The van der Waals surface area contributed by atoms with Gasteiger partial charge >= 0.3 is 6.18 Å². The highest BCUT2D eigenvalue weighted by Crippen LogP contribution is 2.40. The molecule has 0 aromatic heterocycles. The van der Waals surface area contributed by atoms with Gasteiger partial charge in [0.15, 0.2) is 12.5 Å². The molecule has 1 amide bonds. The number of amides is 1. The van der Waals surface area contributed by atoms with Gasteiger partial charge in [0.1, 0.15) is 0 Å². The summed E-state index contributed by atoms with van der Waals surface area (Å²) in [5, 5.41) is 3.29. The van der Waals surface area contributed by atoms with Crippen LogP contribution < -0.4 is 10.2 Å². The first-order valence-corrected chi connectivity index (χ1v) is 12.0. The SMILES string of the molecule is O=CC1Nc2ccc(-c3ccccc3)cc2N1C1CCN(C(=O)Cc2ccc(C(F)(F)F)cc2)CC1. The van der Waals surface area contributed by atoms with Crippen LogP contribution in [0.2, 0.25) is 0 Å². The van der Waals surface area contributed by atoms with Gasteiger partial charge in [0.05, 0.1) is 23.4 Å². The van der Waals surface area contributed by atoms with E-state index < -0.39 is 17.9 Å². The molecule has 2 aliphatic heterocycles. The quantitative estimate of drug-likeness (QED) is 0.486. The zero-order chi connectivity index (χ0) is 25.3. The molecule has 3 aromatic carbocycles. The molecule has 2 heterocycles. The van der Waals surface area contributed by atoms with Crippen LogP contribution in [0, 0.1) is 0 Å². The molecule has 36 heavy (non-hydrogen) atoms.